The summed E-state index contributed by atoms with van der Waals surface area (Å²) in [5.41, 5.74) is 1.08. The maximum Gasteiger partial charge on any atom is 0.336 e. The Balaban J connectivity index is 2.38. The number of nitrogens with zero attached hydrogens (tertiary/aromatic N) is 1. The molecule has 0 spiro atoms. The van der Waals surface area contributed by atoms with Crippen molar-refractivity contribution in [2.75, 3.05) is 5.75 Å². The van der Waals surface area contributed by atoms with Crippen LogP contribution in [-0.2, 0) is 0 Å². The van der Waals surface area contributed by atoms with Crippen LogP contribution < -0.4 is 0 Å². The van der Waals surface area contributed by atoms with Gasteiger partial charge in [0.15, 0.2) is 0 Å². The van der Waals surface area contributed by atoms with Crippen molar-refractivity contribution in [3.63, 3.8) is 0 Å². The quantitative estimate of drug-likeness (QED) is 0.836. The Bertz CT molecular complexity index is 598. The van der Waals surface area contributed by atoms with E-state index in [1.165, 1.54) is 0 Å². The molecule has 1 heterocycles. The molecule has 1 aromatic carbocycles. The summed E-state index contributed by atoms with van der Waals surface area (Å²) in [5, 5.41) is 10.8. The van der Waals surface area contributed by atoms with Crippen LogP contribution in [0.3, 0.4) is 0 Å². The number of carboxylic acid groups (broad SMARTS) is 1. The van der Waals surface area contributed by atoms with Crippen molar-refractivity contribution >= 4 is 28.6 Å². The summed E-state index contributed by atoms with van der Waals surface area (Å²) < 4.78 is 0. The van der Waals surface area contributed by atoms with Crippen molar-refractivity contribution in [2.45, 2.75) is 25.3 Å². The van der Waals surface area contributed by atoms with E-state index in [1.54, 1.807) is 23.9 Å². The average molecular weight is 275 g/mol. The first-order valence-corrected chi connectivity index (χ1v) is 7.36. The van der Waals surface area contributed by atoms with E-state index in [2.05, 4.69) is 18.8 Å². The van der Waals surface area contributed by atoms with Gasteiger partial charge in [-0.25, -0.2) is 9.78 Å². The second kappa shape index (κ2) is 6.06. The maximum atomic E-state index is 11.3. The highest BCUT2D eigenvalue weighted by Crippen LogP contribution is 2.26. The third-order valence-corrected chi connectivity index (χ3v) is 4.38. The molecule has 1 aromatic heterocycles. The summed E-state index contributed by atoms with van der Waals surface area (Å²) in [5.74, 6) is 0.663. The average Bonchev–Trinajstić information content (AvgIpc) is 2.43. The second-order valence-electron chi connectivity index (χ2n) is 4.65. The number of carbonyl (C=O) groups is 1. The van der Waals surface area contributed by atoms with Gasteiger partial charge in [0.1, 0.15) is 0 Å². The molecule has 3 nitrogen and oxygen atoms in total. The first-order valence-electron chi connectivity index (χ1n) is 6.37. The van der Waals surface area contributed by atoms with E-state index in [-0.39, 0.29) is 0 Å². The van der Waals surface area contributed by atoms with E-state index in [0.29, 0.717) is 16.9 Å². The van der Waals surface area contributed by atoms with Crippen LogP contribution in [0, 0.1) is 5.92 Å². The fraction of sp³-hybridized carbons (Fsp3) is 0.333. The normalized spacial score (nSPS) is 12.5. The summed E-state index contributed by atoms with van der Waals surface area (Å²) in [4.78, 5) is 15.8. The van der Waals surface area contributed by atoms with Crippen LogP contribution in [0.4, 0.5) is 0 Å². The SMILES string of the molecule is CCC(C)CSc1cc(C(=O)O)c2ccccc2n1. The Morgan fingerprint density at radius 2 is 2.16 bits per heavy atom. The standard InChI is InChI=1S/C15H17NO2S/c1-3-10(2)9-19-14-8-12(15(17)18)11-6-4-5-7-13(11)16-14/h4-8,10H,3,9H2,1-2H3,(H,17,18). The molecule has 1 atom stereocenters. The van der Waals surface area contributed by atoms with E-state index in [0.717, 1.165) is 22.7 Å². The molecule has 1 unspecified atom stereocenters. The largest absolute Gasteiger partial charge is 0.478 e. The van der Waals surface area contributed by atoms with Gasteiger partial charge in [-0.15, -0.1) is 11.8 Å². The summed E-state index contributed by atoms with van der Waals surface area (Å²) >= 11 is 1.63. The third kappa shape index (κ3) is 3.26. The van der Waals surface area contributed by atoms with Crippen molar-refractivity contribution in [1.29, 1.82) is 0 Å². The second-order valence-corrected chi connectivity index (χ2v) is 5.70. The van der Waals surface area contributed by atoms with Gasteiger partial charge >= 0.3 is 5.97 Å². The minimum absolute atomic E-state index is 0.331. The zero-order valence-corrected chi connectivity index (χ0v) is 11.9. The van der Waals surface area contributed by atoms with Crippen LogP contribution in [0.2, 0.25) is 0 Å². The van der Waals surface area contributed by atoms with Gasteiger partial charge in [0.05, 0.1) is 16.1 Å². The van der Waals surface area contributed by atoms with Crippen LogP contribution in [0.15, 0.2) is 35.4 Å². The van der Waals surface area contributed by atoms with Crippen LogP contribution in [-0.4, -0.2) is 21.8 Å². The molecule has 0 bridgehead atoms. The minimum Gasteiger partial charge on any atom is -0.478 e. The first kappa shape index (κ1) is 13.9. The molecule has 0 saturated carbocycles. The van der Waals surface area contributed by atoms with Gasteiger partial charge < -0.3 is 5.11 Å². The van der Waals surface area contributed by atoms with Gasteiger partial charge in [-0.1, -0.05) is 38.5 Å². The lowest BCUT2D eigenvalue weighted by molar-refractivity contribution is 0.0698. The number of hydrogen-bond donors (Lipinski definition) is 1. The van der Waals surface area contributed by atoms with Crippen LogP contribution in [0.25, 0.3) is 10.9 Å². The number of aromatic carboxylic acids is 1. The molecule has 0 radical (unpaired) electrons. The zero-order chi connectivity index (χ0) is 13.8. The molecule has 2 aromatic rings. The van der Waals surface area contributed by atoms with Crippen molar-refractivity contribution in [3.05, 3.63) is 35.9 Å². The number of hydrogen-bond acceptors (Lipinski definition) is 3. The van der Waals surface area contributed by atoms with Gasteiger partial charge in [0.25, 0.3) is 0 Å². The molecule has 0 aliphatic carbocycles. The summed E-state index contributed by atoms with van der Waals surface area (Å²) in [6, 6.07) is 9.05. The molecule has 2 rings (SSSR count). The first-order chi connectivity index (χ1) is 9.11. The molecular formula is C15H17NO2S. The van der Waals surface area contributed by atoms with Gasteiger partial charge in [-0.3, -0.25) is 0 Å². The molecule has 0 amide bonds. The van der Waals surface area contributed by atoms with E-state index < -0.39 is 5.97 Å². The number of thioether (sulfide) groups is 1. The Kier molecular flexibility index (Phi) is 4.43. The molecule has 19 heavy (non-hydrogen) atoms. The maximum absolute atomic E-state index is 11.3. The predicted octanol–water partition coefficient (Wildman–Crippen LogP) is 4.07. The molecule has 0 saturated heterocycles. The fourth-order valence-electron chi connectivity index (χ4n) is 1.75. The van der Waals surface area contributed by atoms with Gasteiger partial charge in [0.2, 0.25) is 0 Å². The van der Waals surface area contributed by atoms with Crippen molar-refractivity contribution in [1.82, 2.24) is 4.98 Å². The van der Waals surface area contributed by atoms with Crippen molar-refractivity contribution < 1.29 is 9.90 Å². The van der Waals surface area contributed by atoms with Gasteiger partial charge in [-0.05, 0) is 18.1 Å². The highest BCUT2D eigenvalue weighted by Gasteiger charge is 2.12. The number of rotatable bonds is 5. The molecule has 4 heteroatoms. The number of para-hydroxylation sites is 1. The lowest BCUT2D eigenvalue weighted by Crippen LogP contribution is -2.01. The van der Waals surface area contributed by atoms with Crippen molar-refractivity contribution in [2.24, 2.45) is 5.92 Å². The number of pyridine rings is 1. The summed E-state index contributed by atoms with van der Waals surface area (Å²) in [6.45, 7) is 4.34. The Labute approximate surface area is 117 Å². The van der Waals surface area contributed by atoms with Gasteiger partial charge in [0, 0.05) is 11.1 Å². The molecule has 0 fully saturated rings. The van der Waals surface area contributed by atoms with Gasteiger partial charge in [-0.2, -0.15) is 0 Å². The summed E-state index contributed by atoms with van der Waals surface area (Å²) in [7, 11) is 0. The Morgan fingerprint density at radius 1 is 1.42 bits per heavy atom. The highest BCUT2D eigenvalue weighted by molar-refractivity contribution is 7.99. The van der Waals surface area contributed by atoms with Crippen LogP contribution >= 0.6 is 11.8 Å². The highest BCUT2D eigenvalue weighted by atomic mass is 32.2. The van der Waals surface area contributed by atoms with E-state index in [4.69, 9.17) is 0 Å². The summed E-state index contributed by atoms with van der Waals surface area (Å²) in [6.07, 6.45) is 1.12. The molecule has 1 N–H and O–H groups in total. The Hall–Kier alpha value is -1.55. The van der Waals surface area contributed by atoms with E-state index >= 15 is 0 Å². The minimum atomic E-state index is -0.899. The van der Waals surface area contributed by atoms with Crippen LogP contribution in [0.1, 0.15) is 30.6 Å². The zero-order valence-electron chi connectivity index (χ0n) is 11.1. The smallest absolute Gasteiger partial charge is 0.336 e. The molecule has 0 aliphatic heterocycles. The predicted molar refractivity (Wildman–Crippen MR) is 78.9 cm³/mol. The van der Waals surface area contributed by atoms with E-state index in [1.807, 2.05) is 18.2 Å². The number of benzene rings is 1. The monoisotopic (exact) mass is 275 g/mol. The lowest BCUT2D eigenvalue weighted by atomic mass is 10.1. The van der Waals surface area contributed by atoms with E-state index in [9.17, 15) is 9.90 Å². The Morgan fingerprint density at radius 3 is 2.84 bits per heavy atom. The molecule has 100 valence electrons. The topological polar surface area (TPSA) is 50.2 Å². The number of carboxylic acids is 1. The fourth-order valence-corrected chi connectivity index (χ4v) is 2.80. The number of fused-ring (bicyclic) bond motifs is 1. The number of aromatic nitrogens is 1. The molecule has 0 aliphatic rings. The van der Waals surface area contributed by atoms with Crippen molar-refractivity contribution in [3.8, 4) is 0 Å². The lowest BCUT2D eigenvalue weighted by Gasteiger charge is -2.09. The third-order valence-electron chi connectivity index (χ3n) is 3.14. The van der Waals surface area contributed by atoms with Crippen LogP contribution in [0.5, 0.6) is 0 Å². The molecular weight excluding hydrogens is 258 g/mol.